The molecule has 1 aromatic carbocycles. The molecule has 0 aliphatic carbocycles. The van der Waals surface area contributed by atoms with E-state index in [4.69, 9.17) is 4.74 Å². The van der Waals surface area contributed by atoms with Gasteiger partial charge >= 0.3 is 30.0 Å². The summed E-state index contributed by atoms with van der Waals surface area (Å²) in [7, 11) is 1.96. The summed E-state index contributed by atoms with van der Waals surface area (Å²) in [6.07, 6.45) is -4.23. The highest BCUT2D eigenvalue weighted by Gasteiger charge is 2.77. The van der Waals surface area contributed by atoms with Gasteiger partial charge < -0.3 is 14.4 Å². The molecular formula is C21H22F7NO4. The van der Waals surface area contributed by atoms with Gasteiger partial charge in [-0.05, 0) is 38.3 Å². The predicted octanol–water partition coefficient (Wildman–Crippen LogP) is 4.31. The molecule has 184 valence electrons. The van der Waals surface area contributed by atoms with Crippen molar-refractivity contribution in [2.45, 2.75) is 67.8 Å². The standard InChI is InChI=1S/C21H22F7NO4/c1-29-13-7-8-14(29)10-15(9-13)33-17(30)16(12-5-3-2-4-6-12)11-32-18(31)19(22,23)20(24,25)21(26,27)28/h2-6,13-16H,7-11H2,1H3/t13-,14+,15?,16?. The summed E-state index contributed by atoms with van der Waals surface area (Å²) >= 11 is 0. The number of esters is 2. The first-order chi connectivity index (χ1) is 15.3. The molecule has 2 heterocycles. The number of hydrogen-bond acceptors (Lipinski definition) is 5. The number of alkyl halides is 7. The first-order valence-corrected chi connectivity index (χ1v) is 10.2. The van der Waals surface area contributed by atoms with E-state index in [1.165, 1.54) is 24.3 Å². The molecule has 2 fully saturated rings. The van der Waals surface area contributed by atoms with Gasteiger partial charge in [-0.15, -0.1) is 0 Å². The second-order valence-electron chi connectivity index (χ2n) is 8.29. The van der Waals surface area contributed by atoms with Gasteiger partial charge in [0.2, 0.25) is 0 Å². The number of nitrogens with zero attached hydrogens (tertiary/aromatic N) is 1. The van der Waals surface area contributed by atoms with Crippen LogP contribution in [-0.4, -0.2) is 66.7 Å². The third-order valence-electron chi connectivity index (χ3n) is 6.21. The zero-order chi connectivity index (χ0) is 24.6. The number of rotatable bonds is 7. The summed E-state index contributed by atoms with van der Waals surface area (Å²) in [6.45, 7) is -1.19. The van der Waals surface area contributed by atoms with E-state index in [-0.39, 0.29) is 17.6 Å². The lowest BCUT2D eigenvalue weighted by atomic mass is 9.98. The van der Waals surface area contributed by atoms with E-state index in [9.17, 15) is 40.3 Å². The molecule has 1 aromatic rings. The smallest absolute Gasteiger partial charge is 0.460 e. The van der Waals surface area contributed by atoms with Crippen LogP contribution < -0.4 is 0 Å². The van der Waals surface area contributed by atoms with Crippen LogP contribution in [0.4, 0.5) is 30.7 Å². The van der Waals surface area contributed by atoms with Crippen LogP contribution in [-0.2, 0) is 19.1 Å². The lowest BCUT2D eigenvalue weighted by molar-refractivity contribution is -0.348. The van der Waals surface area contributed by atoms with E-state index in [0.717, 1.165) is 12.8 Å². The number of carbonyl (C=O) groups excluding carboxylic acids is 2. The molecule has 2 aliphatic rings. The van der Waals surface area contributed by atoms with Gasteiger partial charge in [-0.25, -0.2) is 4.79 Å². The Bertz CT molecular complexity index is 848. The molecule has 33 heavy (non-hydrogen) atoms. The van der Waals surface area contributed by atoms with Crippen LogP contribution in [0, 0.1) is 0 Å². The van der Waals surface area contributed by atoms with E-state index in [1.54, 1.807) is 6.07 Å². The number of hydrogen-bond donors (Lipinski definition) is 0. The molecule has 2 bridgehead atoms. The average molecular weight is 485 g/mol. The SMILES string of the molecule is CN1[C@@H]2CC[C@H]1CC(OC(=O)C(COC(=O)C(F)(F)C(F)(F)C(F)(F)F)c1ccccc1)C2. The highest BCUT2D eigenvalue weighted by atomic mass is 19.4. The van der Waals surface area contributed by atoms with E-state index in [0.29, 0.717) is 12.8 Å². The largest absolute Gasteiger partial charge is 0.462 e. The fraction of sp³-hybridized carbons (Fsp3) is 0.619. The predicted molar refractivity (Wildman–Crippen MR) is 99.8 cm³/mol. The minimum Gasteiger partial charge on any atom is -0.462 e. The zero-order valence-electron chi connectivity index (χ0n) is 17.5. The van der Waals surface area contributed by atoms with E-state index >= 15 is 0 Å². The van der Waals surface area contributed by atoms with Crippen LogP contribution in [0.1, 0.15) is 37.2 Å². The number of ether oxygens (including phenoxy) is 2. The quantitative estimate of drug-likeness (QED) is 0.426. The van der Waals surface area contributed by atoms with Gasteiger partial charge in [-0.3, -0.25) is 4.79 Å². The van der Waals surface area contributed by atoms with E-state index in [1.807, 2.05) is 7.05 Å². The molecule has 2 aliphatic heterocycles. The van der Waals surface area contributed by atoms with Crippen molar-refractivity contribution in [2.24, 2.45) is 0 Å². The molecule has 12 heteroatoms. The molecule has 4 atom stereocenters. The number of benzene rings is 1. The maximum absolute atomic E-state index is 13.6. The topological polar surface area (TPSA) is 55.8 Å². The second-order valence-corrected chi connectivity index (χ2v) is 8.29. The molecule has 0 aromatic heterocycles. The van der Waals surface area contributed by atoms with Crippen LogP contribution in [0.15, 0.2) is 30.3 Å². The van der Waals surface area contributed by atoms with Gasteiger partial charge in [0, 0.05) is 12.1 Å². The van der Waals surface area contributed by atoms with Crippen LogP contribution in [0.25, 0.3) is 0 Å². The van der Waals surface area contributed by atoms with E-state index in [2.05, 4.69) is 9.64 Å². The van der Waals surface area contributed by atoms with Crippen molar-refractivity contribution in [3.63, 3.8) is 0 Å². The van der Waals surface area contributed by atoms with Gasteiger partial charge in [0.05, 0.1) is 0 Å². The van der Waals surface area contributed by atoms with Crippen LogP contribution >= 0.6 is 0 Å². The summed E-state index contributed by atoms with van der Waals surface area (Å²) in [6, 6.07) is 7.74. The Morgan fingerprint density at radius 1 is 1.00 bits per heavy atom. The molecule has 5 nitrogen and oxygen atoms in total. The highest BCUT2D eigenvalue weighted by molar-refractivity contribution is 5.81. The van der Waals surface area contributed by atoms with Gasteiger partial charge in [-0.1, -0.05) is 30.3 Å². The van der Waals surface area contributed by atoms with Crippen molar-refractivity contribution in [2.75, 3.05) is 13.7 Å². The number of halogens is 7. The monoisotopic (exact) mass is 485 g/mol. The highest BCUT2D eigenvalue weighted by Crippen LogP contribution is 2.47. The molecule has 0 spiro atoms. The first kappa shape index (κ1) is 25.3. The number of fused-ring (bicyclic) bond motifs is 2. The van der Waals surface area contributed by atoms with Gasteiger partial charge in [-0.2, -0.15) is 30.7 Å². The lowest BCUT2D eigenvalue weighted by Crippen LogP contribution is -2.56. The third-order valence-corrected chi connectivity index (χ3v) is 6.21. The van der Waals surface area contributed by atoms with Gasteiger partial charge in [0.25, 0.3) is 0 Å². The van der Waals surface area contributed by atoms with E-state index < -0.39 is 48.6 Å². The molecule has 3 rings (SSSR count). The van der Waals surface area contributed by atoms with Crippen LogP contribution in [0.3, 0.4) is 0 Å². The fourth-order valence-corrected chi connectivity index (χ4v) is 4.25. The lowest BCUT2D eigenvalue weighted by Gasteiger charge is -2.36. The molecule has 0 amide bonds. The van der Waals surface area contributed by atoms with Gasteiger partial charge in [0.15, 0.2) is 0 Å². The van der Waals surface area contributed by atoms with Crippen molar-refractivity contribution in [3.8, 4) is 0 Å². The van der Waals surface area contributed by atoms with Crippen LogP contribution in [0.2, 0.25) is 0 Å². The Kier molecular flexibility index (Phi) is 6.97. The average Bonchev–Trinajstić information content (AvgIpc) is 2.94. The molecule has 0 N–H and O–H groups in total. The minimum atomic E-state index is -6.68. The molecule has 0 saturated carbocycles. The fourth-order valence-electron chi connectivity index (χ4n) is 4.25. The molecule has 2 unspecified atom stereocenters. The third kappa shape index (κ3) is 4.95. The van der Waals surface area contributed by atoms with Crippen molar-refractivity contribution in [1.29, 1.82) is 0 Å². The summed E-state index contributed by atoms with van der Waals surface area (Å²) in [5.74, 6) is -18.3. The molecule has 2 saturated heterocycles. The molecule has 0 radical (unpaired) electrons. The minimum absolute atomic E-state index is 0.164. The van der Waals surface area contributed by atoms with Crippen molar-refractivity contribution in [3.05, 3.63) is 35.9 Å². The van der Waals surface area contributed by atoms with Crippen molar-refractivity contribution in [1.82, 2.24) is 4.90 Å². The van der Waals surface area contributed by atoms with Gasteiger partial charge in [0.1, 0.15) is 18.6 Å². The maximum atomic E-state index is 13.6. The number of carbonyl (C=O) groups is 2. The second kappa shape index (κ2) is 9.11. The zero-order valence-corrected chi connectivity index (χ0v) is 17.5. The summed E-state index contributed by atoms with van der Waals surface area (Å²) in [4.78, 5) is 26.5. The molecular weight excluding hydrogens is 463 g/mol. The Hall–Kier alpha value is -2.37. The Morgan fingerprint density at radius 2 is 1.55 bits per heavy atom. The first-order valence-electron chi connectivity index (χ1n) is 10.2. The number of piperidine rings is 1. The van der Waals surface area contributed by atoms with Crippen LogP contribution in [0.5, 0.6) is 0 Å². The van der Waals surface area contributed by atoms with Crippen molar-refractivity contribution < 1.29 is 49.8 Å². The maximum Gasteiger partial charge on any atom is 0.460 e. The Morgan fingerprint density at radius 3 is 2.06 bits per heavy atom. The van der Waals surface area contributed by atoms with Crippen molar-refractivity contribution >= 4 is 11.9 Å². The Balaban J connectivity index is 1.71. The Labute approximate surface area is 184 Å². The summed E-state index contributed by atoms with van der Waals surface area (Å²) < 4.78 is 100.0. The summed E-state index contributed by atoms with van der Waals surface area (Å²) in [5, 5.41) is 0. The normalized spacial score (nSPS) is 24.9. The summed E-state index contributed by atoms with van der Waals surface area (Å²) in [5.41, 5.74) is 0.164.